The van der Waals surface area contributed by atoms with Crippen LogP contribution in [0.1, 0.15) is 19.4 Å². The number of carbonyl (C=O) groups is 1. The Hall–Kier alpha value is -2.19. The molecule has 1 N–H and O–H groups in total. The quantitative estimate of drug-likeness (QED) is 0.839. The minimum atomic E-state index is -0.195. The van der Waals surface area contributed by atoms with E-state index >= 15 is 0 Å². The fourth-order valence-corrected chi connectivity index (χ4v) is 2.25. The normalized spacial score (nSPS) is 14.3. The average molecular weight is 303 g/mol. The van der Waals surface area contributed by atoms with Gasteiger partial charge in [-0.3, -0.25) is 4.79 Å². The highest BCUT2D eigenvalue weighted by atomic mass is 16.5. The van der Waals surface area contributed by atoms with Crippen molar-refractivity contribution in [2.45, 2.75) is 25.9 Å². The van der Waals surface area contributed by atoms with E-state index in [9.17, 15) is 4.79 Å². The fourth-order valence-electron chi connectivity index (χ4n) is 2.25. The van der Waals surface area contributed by atoms with Gasteiger partial charge >= 0.3 is 0 Å². The summed E-state index contributed by atoms with van der Waals surface area (Å²) < 4.78 is 16.3. The Labute approximate surface area is 130 Å². The first kappa shape index (κ1) is 16.2. The molecule has 0 saturated carbocycles. The maximum Gasteiger partial charge on any atom is 0.246 e. The van der Waals surface area contributed by atoms with Crippen molar-refractivity contribution in [3.63, 3.8) is 0 Å². The van der Waals surface area contributed by atoms with Crippen LogP contribution < -0.4 is 14.8 Å². The van der Waals surface area contributed by atoms with E-state index in [0.29, 0.717) is 5.75 Å². The molecule has 0 saturated heterocycles. The molecule has 118 valence electrons. The number of fused-ring (bicyclic) bond motifs is 1. The van der Waals surface area contributed by atoms with Gasteiger partial charge in [0, 0.05) is 19.1 Å². The van der Waals surface area contributed by atoms with Crippen LogP contribution in [0.4, 0.5) is 0 Å². The standard InChI is InChI=1S/C17H21NO4/c1-17(2)11-13-7-6-8-14(16(13)22-17)21-10-5-4-9-18-15(19)12-20-3/h6-8H,9-12H2,1-3H3,(H,18,19). The van der Waals surface area contributed by atoms with Crippen LogP contribution in [0.2, 0.25) is 0 Å². The smallest absolute Gasteiger partial charge is 0.246 e. The van der Waals surface area contributed by atoms with E-state index < -0.39 is 0 Å². The summed E-state index contributed by atoms with van der Waals surface area (Å²) in [6.07, 6.45) is 0.872. The Morgan fingerprint density at radius 2 is 2.23 bits per heavy atom. The molecule has 1 amide bonds. The first-order valence-electron chi connectivity index (χ1n) is 7.17. The third kappa shape index (κ3) is 4.40. The van der Waals surface area contributed by atoms with Crippen LogP contribution in [0.15, 0.2) is 18.2 Å². The Morgan fingerprint density at radius 1 is 1.41 bits per heavy atom. The molecular weight excluding hydrogens is 282 g/mol. The van der Waals surface area contributed by atoms with Crippen molar-refractivity contribution in [1.29, 1.82) is 0 Å². The number of hydrogen-bond donors (Lipinski definition) is 1. The van der Waals surface area contributed by atoms with Crippen molar-refractivity contribution in [1.82, 2.24) is 5.32 Å². The van der Waals surface area contributed by atoms with E-state index in [1.54, 1.807) is 0 Å². The van der Waals surface area contributed by atoms with Crippen LogP contribution in [0, 0.1) is 11.8 Å². The van der Waals surface area contributed by atoms with E-state index in [0.717, 1.165) is 17.7 Å². The Balaban J connectivity index is 1.82. The van der Waals surface area contributed by atoms with Crippen LogP contribution in [0.3, 0.4) is 0 Å². The largest absolute Gasteiger partial charge is 0.483 e. The summed E-state index contributed by atoms with van der Waals surface area (Å²) in [5.41, 5.74) is 0.960. The molecule has 0 aromatic heterocycles. The Kier molecular flexibility index (Phi) is 5.29. The molecular formula is C17H21NO4. The molecule has 0 fully saturated rings. The number of benzene rings is 1. The molecule has 1 aromatic rings. The lowest BCUT2D eigenvalue weighted by Gasteiger charge is -2.17. The van der Waals surface area contributed by atoms with Gasteiger partial charge < -0.3 is 19.5 Å². The maximum absolute atomic E-state index is 11.1. The van der Waals surface area contributed by atoms with E-state index in [2.05, 4.69) is 31.0 Å². The van der Waals surface area contributed by atoms with E-state index in [1.165, 1.54) is 7.11 Å². The molecule has 0 atom stereocenters. The third-order valence-electron chi connectivity index (χ3n) is 3.13. The van der Waals surface area contributed by atoms with Gasteiger partial charge in [0.1, 0.15) is 18.8 Å². The summed E-state index contributed by atoms with van der Waals surface area (Å²) >= 11 is 0. The first-order chi connectivity index (χ1) is 10.5. The molecule has 0 bridgehead atoms. The molecule has 5 nitrogen and oxygen atoms in total. The summed E-state index contributed by atoms with van der Waals surface area (Å²) in [7, 11) is 1.47. The molecule has 2 rings (SSSR count). The van der Waals surface area contributed by atoms with Gasteiger partial charge in [0.15, 0.2) is 11.5 Å². The SMILES string of the molecule is COCC(=O)NCC#CCOc1cccc2c1OC(C)(C)C2. The Bertz CT molecular complexity index is 598. The predicted molar refractivity (Wildman–Crippen MR) is 83.0 cm³/mol. The Morgan fingerprint density at radius 3 is 3.00 bits per heavy atom. The van der Waals surface area contributed by atoms with Gasteiger partial charge in [-0.15, -0.1) is 0 Å². The number of methoxy groups -OCH3 is 1. The summed E-state index contributed by atoms with van der Waals surface area (Å²) in [6.45, 7) is 4.68. The molecule has 0 radical (unpaired) electrons. The van der Waals surface area contributed by atoms with Crippen LogP contribution in [0.25, 0.3) is 0 Å². The summed E-state index contributed by atoms with van der Waals surface area (Å²) in [5.74, 6) is 7.02. The lowest BCUT2D eigenvalue weighted by Crippen LogP contribution is -2.27. The van der Waals surface area contributed by atoms with Crippen LogP contribution in [-0.4, -0.2) is 38.4 Å². The zero-order valence-corrected chi connectivity index (χ0v) is 13.2. The first-order valence-corrected chi connectivity index (χ1v) is 7.17. The second-order valence-electron chi connectivity index (χ2n) is 5.63. The number of para-hydroxylation sites is 1. The number of nitrogens with one attached hydrogen (secondary N) is 1. The second kappa shape index (κ2) is 7.19. The molecule has 0 spiro atoms. The maximum atomic E-state index is 11.1. The molecule has 1 aliphatic heterocycles. The van der Waals surface area contributed by atoms with Gasteiger partial charge in [0.2, 0.25) is 5.91 Å². The monoisotopic (exact) mass is 303 g/mol. The van der Waals surface area contributed by atoms with Crippen molar-refractivity contribution >= 4 is 5.91 Å². The average Bonchev–Trinajstić information content (AvgIpc) is 2.77. The van der Waals surface area contributed by atoms with E-state index in [4.69, 9.17) is 14.2 Å². The number of hydrogen-bond acceptors (Lipinski definition) is 4. The van der Waals surface area contributed by atoms with Crippen LogP contribution in [0.5, 0.6) is 11.5 Å². The number of ether oxygens (including phenoxy) is 3. The minimum Gasteiger partial charge on any atom is -0.483 e. The molecule has 1 aliphatic rings. The van der Waals surface area contributed by atoms with E-state index in [1.807, 2.05) is 18.2 Å². The number of rotatable bonds is 5. The van der Waals surface area contributed by atoms with Crippen molar-refractivity contribution < 1.29 is 19.0 Å². The third-order valence-corrected chi connectivity index (χ3v) is 3.13. The molecule has 0 aliphatic carbocycles. The summed E-state index contributed by atoms with van der Waals surface area (Å²) in [4.78, 5) is 11.1. The molecule has 1 aromatic carbocycles. The molecule has 22 heavy (non-hydrogen) atoms. The number of carbonyl (C=O) groups excluding carboxylic acids is 1. The van der Waals surface area contributed by atoms with Gasteiger partial charge in [-0.05, 0) is 19.9 Å². The van der Waals surface area contributed by atoms with Gasteiger partial charge in [0.25, 0.3) is 0 Å². The topological polar surface area (TPSA) is 56.8 Å². The lowest BCUT2D eigenvalue weighted by atomic mass is 10.0. The second-order valence-corrected chi connectivity index (χ2v) is 5.63. The predicted octanol–water partition coefficient (Wildman–Crippen LogP) is 1.54. The van der Waals surface area contributed by atoms with Gasteiger partial charge in [-0.25, -0.2) is 0 Å². The number of amides is 1. The highest BCUT2D eigenvalue weighted by Crippen LogP contribution is 2.41. The zero-order chi connectivity index (χ0) is 16.0. The summed E-state index contributed by atoms with van der Waals surface area (Å²) in [6, 6.07) is 5.88. The van der Waals surface area contributed by atoms with Crippen molar-refractivity contribution in [3.8, 4) is 23.3 Å². The van der Waals surface area contributed by atoms with Crippen molar-refractivity contribution in [3.05, 3.63) is 23.8 Å². The lowest BCUT2D eigenvalue weighted by molar-refractivity contribution is -0.124. The van der Waals surface area contributed by atoms with Crippen molar-refractivity contribution in [2.75, 3.05) is 26.9 Å². The fraction of sp³-hybridized carbons (Fsp3) is 0.471. The zero-order valence-electron chi connectivity index (χ0n) is 13.2. The van der Waals surface area contributed by atoms with Gasteiger partial charge in [-0.2, -0.15) is 0 Å². The molecule has 0 unspecified atom stereocenters. The van der Waals surface area contributed by atoms with Crippen LogP contribution >= 0.6 is 0 Å². The van der Waals surface area contributed by atoms with Gasteiger partial charge in [0.05, 0.1) is 6.54 Å². The van der Waals surface area contributed by atoms with Crippen LogP contribution in [-0.2, 0) is 16.0 Å². The van der Waals surface area contributed by atoms with E-state index in [-0.39, 0.29) is 31.3 Å². The molecule has 1 heterocycles. The van der Waals surface area contributed by atoms with Crippen molar-refractivity contribution in [2.24, 2.45) is 0 Å². The molecule has 5 heteroatoms. The minimum absolute atomic E-state index is 0.0431. The highest BCUT2D eigenvalue weighted by Gasteiger charge is 2.32. The summed E-state index contributed by atoms with van der Waals surface area (Å²) in [5, 5.41) is 2.62. The van der Waals surface area contributed by atoms with Gasteiger partial charge in [-0.1, -0.05) is 24.0 Å². The highest BCUT2D eigenvalue weighted by molar-refractivity contribution is 5.77.